The van der Waals surface area contributed by atoms with Gasteiger partial charge in [0.15, 0.2) is 11.0 Å². The number of rotatable bonds is 10. The smallest absolute Gasteiger partial charge is 0.253 e. The van der Waals surface area contributed by atoms with Crippen LogP contribution in [0.4, 0.5) is 5.69 Å². The molecule has 1 heterocycles. The number of thioether (sulfide) groups is 1. The number of nitrogens with zero attached hydrogens (tertiary/aromatic N) is 3. The Balaban J connectivity index is 1.76. The van der Waals surface area contributed by atoms with Gasteiger partial charge in [-0.3, -0.25) is 9.59 Å². The van der Waals surface area contributed by atoms with Crippen LogP contribution in [0.3, 0.4) is 0 Å². The summed E-state index contributed by atoms with van der Waals surface area (Å²) in [5.74, 6) is 0.358. The van der Waals surface area contributed by atoms with E-state index in [2.05, 4.69) is 34.7 Å². The third-order valence-electron chi connectivity index (χ3n) is 5.12. The number of nitrogens with one attached hydrogen (secondary N) is 2. The number of anilines is 1. The normalized spacial score (nSPS) is 12.0. The number of hydrogen-bond donors (Lipinski definition) is 2. The van der Waals surface area contributed by atoms with Crippen LogP contribution in [-0.4, -0.2) is 32.3 Å². The van der Waals surface area contributed by atoms with E-state index in [0.717, 1.165) is 0 Å². The van der Waals surface area contributed by atoms with Gasteiger partial charge in [0.25, 0.3) is 5.91 Å². The van der Waals surface area contributed by atoms with Gasteiger partial charge in [-0.15, -0.1) is 10.2 Å². The van der Waals surface area contributed by atoms with Crippen LogP contribution in [0.1, 0.15) is 49.4 Å². The first-order valence-electron chi connectivity index (χ1n) is 11.2. The van der Waals surface area contributed by atoms with Crippen LogP contribution in [0.2, 0.25) is 20.1 Å². The second kappa shape index (κ2) is 13.0. The van der Waals surface area contributed by atoms with Gasteiger partial charge in [-0.2, -0.15) is 0 Å². The molecular formula is C24H25Cl4N5O2S. The second-order valence-corrected chi connectivity index (χ2v) is 10.9. The first-order valence-corrected chi connectivity index (χ1v) is 13.7. The van der Waals surface area contributed by atoms with Gasteiger partial charge in [-0.1, -0.05) is 78.1 Å². The first-order chi connectivity index (χ1) is 17.1. The third kappa shape index (κ3) is 7.29. The van der Waals surface area contributed by atoms with Gasteiger partial charge < -0.3 is 15.2 Å². The highest BCUT2D eigenvalue weighted by molar-refractivity contribution is 7.99. The van der Waals surface area contributed by atoms with Gasteiger partial charge in [0.1, 0.15) is 0 Å². The summed E-state index contributed by atoms with van der Waals surface area (Å²) in [4.78, 5) is 25.5. The van der Waals surface area contributed by atoms with Gasteiger partial charge in [0, 0.05) is 11.6 Å². The van der Waals surface area contributed by atoms with Crippen molar-refractivity contribution in [3.05, 3.63) is 67.9 Å². The van der Waals surface area contributed by atoms with E-state index in [9.17, 15) is 9.59 Å². The molecule has 0 saturated heterocycles. The minimum absolute atomic E-state index is 0.0859. The number of benzene rings is 2. The van der Waals surface area contributed by atoms with Crippen molar-refractivity contribution in [3.8, 4) is 0 Å². The Labute approximate surface area is 234 Å². The Hall–Kier alpha value is -1.97. The van der Waals surface area contributed by atoms with Crippen molar-refractivity contribution < 1.29 is 9.59 Å². The van der Waals surface area contributed by atoms with E-state index >= 15 is 0 Å². The van der Waals surface area contributed by atoms with Crippen molar-refractivity contribution in [1.82, 2.24) is 20.1 Å². The first kappa shape index (κ1) is 28.6. The molecule has 2 N–H and O–H groups in total. The molecule has 192 valence electrons. The molecule has 12 heteroatoms. The summed E-state index contributed by atoms with van der Waals surface area (Å²) in [7, 11) is 0. The largest absolute Gasteiger partial charge is 0.342 e. The molecule has 0 saturated carbocycles. The number of hydrogen-bond acceptors (Lipinski definition) is 5. The van der Waals surface area contributed by atoms with E-state index in [1.54, 1.807) is 30.3 Å². The fourth-order valence-electron chi connectivity index (χ4n) is 3.49. The molecule has 0 aliphatic rings. The number of carbonyl (C=O) groups excluding carboxylic acids is 2. The fraction of sp³-hybridized carbons (Fsp3) is 0.333. The molecule has 3 rings (SSSR count). The monoisotopic (exact) mass is 587 g/mol. The molecule has 3 aromatic rings. The molecule has 2 aromatic carbocycles. The molecule has 1 atom stereocenters. The minimum atomic E-state index is -0.412. The fourth-order valence-corrected chi connectivity index (χ4v) is 5.14. The Kier molecular flexibility index (Phi) is 10.3. The van der Waals surface area contributed by atoms with Gasteiger partial charge in [0.05, 0.1) is 38.1 Å². The lowest BCUT2D eigenvalue weighted by Crippen LogP contribution is -2.32. The average molecular weight is 589 g/mol. The van der Waals surface area contributed by atoms with Crippen LogP contribution >= 0.6 is 58.2 Å². The summed E-state index contributed by atoms with van der Waals surface area (Å²) in [6, 6.07) is 9.35. The minimum Gasteiger partial charge on any atom is -0.342 e. The second-order valence-electron chi connectivity index (χ2n) is 8.30. The van der Waals surface area contributed by atoms with E-state index in [1.807, 2.05) is 11.5 Å². The van der Waals surface area contributed by atoms with Crippen LogP contribution in [0.15, 0.2) is 41.6 Å². The van der Waals surface area contributed by atoms with E-state index in [-0.39, 0.29) is 33.5 Å². The summed E-state index contributed by atoms with van der Waals surface area (Å²) in [5.41, 5.74) is 0.760. The Morgan fingerprint density at radius 3 is 2.47 bits per heavy atom. The van der Waals surface area contributed by atoms with Crippen molar-refractivity contribution >= 4 is 75.7 Å². The summed E-state index contributed by atoms with van der Waals surface area (Å²) >= 11 is 25.6. The lowest BCUT2D eigenvalue weighted by Gasteiger charge is -2.21. The van der Waals surface area contributed by atoms with Crippen molar-refractivity contribution in [1.29, 1.82) is 0 Å². The Morgan fingerprint density at radius 1 is 1.06 bits per heavy atom. The van der Waals surface area contributed by atoms with Crippen LogP contribution in [0, 0.1) is 5.92 Å². The van der Waals surface area contributed by atoms with Gasteiger partial charge >= 0.3 is 0 Å². The van der Waals surface area contributed by atoms with E-state index in [1.165, 1.54) is 17.8 Å². The van der Waals surface area contributed by atoms with E-state index < -0.39 is 6.04 Å². The van der Waals surface area contributed by atoms with Crippen LogP contribution < -0.4 is 10.6 Å². The number of amides is 2. The molecule has 0 aliphatic heterocycles. The molecule has 0 bridgehead atoms. The quantitative estimate of drug-likeness (QED) is 0.245. The average Bonchev–Trinajstić information content (AvgIpc) is 3.22. The van der Waals surface area contributed by atoms with Crippen molar-refractivity contribution in [2.45, 2.75) is 44.9 Å². The zero-order valence-corrected chi connectivity index (χ0v) is 23.7. The zero-order valence-electron chi connectivity index (χ0n) is 19.8. The number of carbonyl (C=O) groups is 2. The van der Waals surface area contributed by atoms with Crippen LogP contribution in [0.5, 0.6) is 0 Å². The molecular weight excluding hydrogens is 564 g/mol. The summed E-state index contributed by atoms with van der Waals surface area (Å²) in [5, 5.41) is 16.4. The van der Waals surface area contributed by atoms with Crippen molar-refractivity contribution in [2.75, 3.05) is 11.1 Å². The maximum Gasteiger partial charge on any atom is 0.253 e. The lowest BCUT2D eigenvalue weighted by molar-refractivity contribution is -0.113. The summed E-state index contributed by atoms with van der Waals surface area (Å²) < 4.78 is 1.89. The summed E-state index contributed by atoms with van der Waals surface area (Å²) in [6.45, 7) is 6.62. The zero-order chi connectivity index (χ0) is 26.4. The SMILES string of the molecule is CCn1c(SCC(=O)Nc2cccc(Cl)c2Cl)nnc1[C@@H](CC(C)C)NC(=O)c1ccc(Cl)cc1Cl. The van der Waals surface area contributed by atoms with E-state index in [4.69, 9.17) is 46.4 Å². The lowest BCUT2D eigenvalue weighted by atomic mass is 10.0. The molecule has 0 spiro atoms. The molecule has 1 aromatic heterocycles. The highest BCUT2D eigenvalue weighted by Crippen LogP contribution is 2.30. The molecule has 2 amide bonds. The van der Waals surface area contributed by atoms with Crippen LogP contribution in [0.25, 0.3) is 0 Å². The maximum absolute atomic E-state index is 13.0. The third-order valence-corrected chi connectivity index (χ3v) is 7.45. The molecule has 36 heavy (non-hydrogen) atoms. The maximum atomic E-state index is 13.0. The Morgan fingerprint density at radius 2 is 1.81 bits per heavy atom. The highest BCUT2D eigenvalue weighted by Gasteiger charge is 2.25. The molecule has 0 aliphatic carbocycles. The van der Waals surface area contributed by atoms with Gasteiger partial charge in [-0.25, -0.2) is 0 Å². The molecule has 7 nitrogen and oxygen atoms in total. The van der Waals surface area contributed by atoms with Crippen molar-refractivity contribution in [2.24, 2.45) is 5.92 Å². The molecule has 0 fully saturated rings. The Bertz CT molecular complexity index is 1250. The number of halogens is 4. The molecule has 0 radical (unpaired) electrons. The summed E-state index contributed by atoms with van der Waals surface area (Å²) in [6.07, 6.45) is 0.632. The van der Waals surface area contributed by atoms with Gasteiger partial charge in [-0.05, 0) is 49.6 Å². The topological polar surface area (TPSA) is 88.9 Å². The molecule has 0 unspecified atom stereocenters. The predicted molar refractivity (Wildman–Crippen MR) is 148 cm³/mol. The standard InChI is InChI=1S/C24H25Cl4N5O2S/c1-4-33-22(19(10-13(2)3)30-23(35)15-9-8-14(25)11-17(15)27)31-32-24(33)36-12-20(34)29-18-7-5-6-16(26)21(18)28/h5-9,11,13,19H,4,10,12H2,1-3H3,(H,29,34)(H,30,35)/t19-/m1/s1. The predicted octanol–water partition coefficient (Wildman–Crippen LogP) is 7.16. The van der Waals surface area contributed by atoms with E-state index in [0.29, 0.717) is 45.2 Å². The van der Waals surface area contributed by atoms with Crippen molar-refractivity contribution in [3.63, 3.8) is 0 Å². The van der Waals surface area contributed by atoms with Gasteiger partial charge in [0.2, 0.25) is 5.91 Å². The number of aromatic nitrogens is 3. The highest BCUT2D eigenvalue weighted by atomic mass is 35.5. The van der Waals surface area contributed by atoms with Crippen LogP contribution in [-0.2, 0) is 11.3 Å².